The molecule has 0 aliphatic rings. The third kappa shape index (κ3) is 3.59. The van der Waals surface area contributed by atoms with Crippen LogP contribution in [0.25, 0.3) is 0 Å². The van der Waals surface area contributed by atoms with Crippen molar-refractivity contribution in [3.05, 3.63) is 59.4 Å². The summed E-state index contributed by atoms with van der Waals surface area (Å²) in [6.45, 7) is 4.29. The summed E-state index contributed by atoms with van der Waals surface area (Å²) >= 11 is 1.46. The van der Waals surface area contributed by atoms with Crippen molar-refractivity contribution in [2.75, 3.05) is 0 Å². The van der Waals surface area contributed by atoms with Crippen LogP contribution in [0.15, 0.2) is 52.3 Å². The summed E-state index contributed by atoms with van der Waals surface area (Å²) in [6, 6.07) is 14.6. The number of rotatable bonds is 3. The van der Waals surface area contributed by atoms with Crippen LogP contribution in [0.1, 0.15) is 30.9 Å². The van der Waals surface area contributed by atoms with Gasteiger partial charge < -0.3 is 0 Å². The number of halogens is 1. The molecule has 2 aromatic carbocycles. The Bertz CT molecular complexity index is 612. The van der Waals surface area contributed by atoms with Gasteiger partial charge in [0.05, 0.1) is 11.6 Å². The Kier molecular flexibility index (Phi) is 4.24. The van der Waals surface area contributed by atoms with Crippen molar-refractivity contribution in [3.8, 4) is 6.07 Å². The predicted octanol–water partition coefficient (Wildman–Crippen LogP) is 4.97. The van der Waals surface area contributed by atoms with Crippen molar-refractivity contribution < 1.29 is 4.39 Å². The first-order valence-corrected chi connectivity index (χ1v) is 6.88. The molecule has 19 heavy (non-hydrogen) atoms. The minimum atomic E-state index is -0.375. The maximum absolute atomic E-state index is 13.3. The van der Waals surface area contributed by atoms with Gasteiger partial charge in [0.25, 0.3) is 0 Å². The van der Waals surface area contributed by atoms with E-state index in [9.17, 15) is 4.39 Å². The number of nitriles is 1. The molecular formula is C16H14FNS. The normalized spacial score (nSPS) is 10.5. The van der Waals surface area contributed by atoms with Crippen molar-refractivity contribution in [1.29, 1.82) is 5.26 Å². The highest BCUT2D eigenvalue weighted by molar-refractivity contribution is 7.99. The second kappa shape index (κ2) is 5.90. The molecule has 0 saturated carbocycles. The molecule has 0 aromatic heterocycles. The second-order valence-electron chi connectivity index (χ2n) is 4.61. The first-order valence-electron chi connectivity index (χ1n) is 6.07. The number of benzene rings is 2. The molecule has 0 aliphatic heterocycles. The minimum Gasteiger partial charge on any atom is -0.207 e. The Balaban J connectivity index is 2.21. The van der Waals surface area contributed by atoms with Gasteiger partial charge in [0.2, 0.25) is 0 Å². The van der Waals surface area contributed by atoms with E-state index in [1.54, 1.807) is 6.07 Å². The van der Waals surface area contributed by atoms with Gasteiger partial charge in [0.1, 0.15) is 5.82 Å². The zero-order valence-electron chi connectivity index (χ0n) is 10.9. The molecule has 0 radical (unpaired) electrons. The van der Waals surface area contributed by atoms with Crippen molar-refractivity contribution >= 4 is 11.8 Å². The number of nitrogens with zero attached hydrogens (tertiary/aromatic N) is 1. The van der Waals surface area contributed by atoms with Gasteiger partial charge in [-0.2, -0.15) is 5.26 Å². The van der Waals surface area contributed by atoms with E-state index in [-0.39, 0.29) is 5.82 Å². The lowest BCUT2D eigenvalue weighted by molar-refractivity contribution is 0.623. The van der Waals surface area contributed by atoms with Gasteiger partial charge in [-0.05, 0) is 41.8 Å². The van der Waals surface area contributed by atoms with Gasteiger partial charge in [-0.25, -0.2) is 4.39 Å². The summed E-state index contributed by atoms with van der Waals surface area (Å²) in [7, 11) is 0. The topological polar surface area (TPSA) is 23.8 Å². The summed E-state index contributed by atoms with van der Waals surface area (Å²) in [5.41, 5.74) is 1.63. The molecule has 0 bridgehead atoms. The Morgan fingerprint density at radius 2 is 1.74 bits per heavy atom. The van der Waals surface area contributed by atoms with E-state index in [0.717, 1.165) is 9.79 Å². The highest BCUT2D eigenvalue weighted by atomic mass is 32.2. The van der Waals surface area contributed by atoms with E-state index < -0.39 is 0 Å². The van der Waals surface area contributed by atoms with Crippen molar-refractivity contribution in [2.45, 2.75) is 29.6 Å². The third-order valence-corrected chi connectivity index (χ3v) is 3.76. The number of hydrogen-bond donors (Lipinski definition) is 0. The maximum atomic E-state index is 13.3. The van der Waals surface area contributed by atoms with Gasteiger partial charge in [-0.1, -0.05) is 37.7 Å². The maximum Gasteiger partial charge on any atom is 0.125 e. The average Bonchev–Trinajstić information content (AvgIpc) is 2.38. The van der Waals surface area contributed by atoms with Crippen molar-refractivity contribution in [2.24, 2.45) is 0 Å². The van der Waals surface area contributed by atoms with Crippen molar-refractivity contribution in [1.82, 2.24) is 0 Å². The van der Waals surface area contributed by atoms with Crippen molar-refractivity contribution in [3.63, 3.8) is 0 Å². The van der Waals surface area contributed by atoms with Crippen LogP contribution < -0.4 is 0 Å². The molecular weight excluding hydrogens is 257 g/mol. The molecule has 96 valence electrons. The summed E-state index contributed by atoms with van der Waals surface area (Å²) < 4.78 is 13.3. The lowest BCUT2D eigenvalue weighted by Crippen LogP contribution is -1.86. The van der Waals surface area contributed by atoms with Gasteiger partial charge >= 0.3 is 0 Å². The molecule has 2 rings (SSSR count). The zero-order valence-corrected chi connectivity index (χ0v) is 11.7. The largest absolute Gasteiger partial charge is 0.207 e. The molecule has 0 fully saturated rings. The fourth-order valence-corrected chi connectivity index (χ4v) is 2.64. The standard InChI is InChI=1S/C16H14FNS/c1-11(2)13-3-5-15(6-4-13)19-16-8-12(10-18)7-14(17)9-16/h3-9,11H,1-2H3. The Labute approximate surface area is 117 Å². The SMILES string of the molecule is CC(C)c1ccc(Sc2cc(F)cc(C#N)c2)cc1. The first-order chi connectivity index (χ1) is 9.08. The highest BCUT2D eigenvalue weighted by Crippen LogP contribution is 2.30. The smallest absolute Gasteiger partial charge is 0.125 e. The molecule has 0 heterocycles. The predicted molar refractivity (Wildman–Crippen MR) is 75.8 cm³/mol. The van der Waals surface area contributed by atoms with Crippen LogP contribution in [0, 0.1) is 17.1 Å². The molecule has 0 aliphatic carbocycles. The van der Waals surface area contributed by atoms with E-state index in [1.165, 1.54) is 29.5 Å². The van der Waals surface area contributed by atoms with Crippen LogP contribution in [0.3, 0.4) is 0 Å². The quantitative estimate of drug-likeness (QED) is 0.786. The lowest BCUT2D eigenvalue weighted by atomic mass is 10.0. The Hall–Kier alpha value is -1.79. The summed E-state index contributed by atoms with van der Waals surface area (Å²) in [5, 5.41) is 8.82. The van der Waals surface area contributed by atoms with Crippen LogP contribution >= 0.6 is 11.8 Å². The monoisotopic (exact) mass is 271 g/mol. The molecule has 0 unspecified atom stereocenters. The molecule has 0 amide bonds. The molecule has 3 heteroatoms. The number of hydrogen-bond acceptors (Lipinski definition) is 2. The minimum absolute atomic E-state index is 0.348. The molecule has 0 N–H and O–H groups in total. The Morgan fingerprint density at radius 3 is 2.32 bits per heavy atom. The van der Waals surface area contributed by atoms with Gasteiger partial charge in [0, 0.05) is 9.79 Å². The van der Waals surface area contributed by atoms with Crippen LogP contribution in [0.2, 0.25) is 0 Å². The van der Waals surface area contributed by atoms with E-state index in [2.05, 4.69) is 26.0 Å². The Morgan fingerprint density at radius 1 is 1.05 bits per heavy atom. The highest BCUT2D eigenvalue weighted by Gasteiger charge is 2.04. The average molecular weight is 271 g/mol. The third-order valence-electron chi connectivity index (χ3n) is 2.78. The van der Waals surface area contributed by atoms with E-state index >= 15 is 0 Å². The van der Waals surface area contributed by atoms with Crippen LogP contribution in [0.4, 0.5) is 4.39 Å². The van der Waals surface area contributed by atoms with Crippen LogP contribution in [-0.2, 0) is 0 Å². The van der Waals surface area contributed by atoms with E-state index in [1.807, 2.05) is 18.2 Å². The molecule has 0 saturated heterocycles. The summed E-state index contributed by atoms with van der Waals surface area (Å²) in [5.74, 6) is 0.124. The molecule has 1 nitrogen and oxygen atoms in total. The van der Waals surface area contributed by atoms with Gasteiger partial charge in [0.15, 0.2) is 0 Å². The van der Waals surface area contributed by atoms with E-state index in [4.69, 9.17) is 5.26 Å². The zero-order chi connectivity index (χ0) is 13.8. The fourth-order valence-electron chi connectivity index (χ4n) is 1.74. The van der Waals surface area contributed by atoms with Crippen LogP contribution in [0.5, 0.6) is 0 Å². The van der Waals surface area contributed by atoms with Gasteiger partial charge in [-0.15, -0.1) is 0 Å². The summed E-state index contributed by atoms with van der Waals surface area (Å²) in [6.07, 6.45) is 0. The van der Waals surface area contributed by atoms with E-state index in [0.29, 0.717) is 11.5 Å². The fraction of sp³-hybridized carbons (Fsp3) is 0.188. The van der Waals surface area contributed by atoms with Crippen LogP contribution in [-0.4, -0.2) is 0 Å². The summed E-state index contributed by atoms with van der Waals surface area (Å²) in [4.78, 5) is 1.78. The van der Waals surface area contributed by atoms with Gasteiger partial charge in [-0.3, -0.25) is 0 Å². The lowest BCUT2D eigenvalue weighted by Gasteiger charge is -2.07. The second-order valence-corrected chi connectivity index (χ2v) is 5.76. The first kappa shape index (κ1) is 13.6. The molecule has 0 spiro atoms. The molecule has 0 atom stereocenters. The molecule has 2 aromatic rings.